The number of hydrogen-bond donors (Lipinski definition) is 1. The van der Waals surface area contributed by atoms with Gasteiger partial charge < -0.3 is 5.32 Å². The van der Waals surface area contributed by atoms with Gasteiger partial charge in [-0.05, 0) is 22.9 Å². The van der Waals surface area contributed by atoms with E-state index in [4.69, 9.17) is 0 Å². The lowest BCUT2D eigenvalue weighted by molar-refractivity contribution is 0.599. The molecule has 2 aromatic carbocycles. The molecule has 3 heteroatoms. The fourth-order valence-electron chi connectivity index (χ4n) is 2.29. The van der Waals surface area contributed by atoms with Gasteiger partial charge in [0.25, 0.3) is 0 Å². The Balaban J connectivity index is 2.46. The van der Waals surface area contributed by atoms with Crippen LogP contribution in [-0.4, -0.2) is 22.8 Å². The van der Waals surface area contributed by atoms with Crippen molar-refractivity contribution in [3.05, 3.63) is 48.0 Å². The lowest BCUT2D eigenvalue weighted by Gasteiger charge is -2.19. The summed E-state index contributed by atoms with van der Waals surface area (Å²) < 4.78 is 11.5. The molecule has 0 spiro atoms. The minimum absolute atomic E-state index is 0.159. The van der Waals surface area contributed by atoms with Gasteiger partial charge in [0, 0.05) is 28.9 Å². The summed E-state index contributed by atoms with van der Waals surface area (Å²) in [6.45, 7) is 2.96. The SMILES string of the molecule is CCNC(CS(C)=O)c1cccc2ccccc12. The number of benzene rings is 2. The summed E-state index contributed by atoms with van der Waals surface area (Å²) in [5.41, 5.74) is 1.24. The summed E-state index contributed by atoms with van der Waals surface area (Å²) in [4.78, 5) is 0. The van der Waals surface area contributed by atoms with E-state index in [1.165, 1.54) is 16.3 Å². The van der Waals surface area contributed by atoms with Gasteiger partial charge in [-0.2, -0.15) is 0 Å². The normalized spacial score (nSPS) is 14.6. The van der Waals surface area contributed by atoms with E-state index in [1.807, 2.05) is 6.07 Å². The van der Waals surface area contributed by atoms with Gasteiger partial charge >= 0.3 is 0 Å². The molecule has 0 heterocycles. The van der Waals surface area contributed by atoms with E-state index >= 15 is 0 Å². The molecule has 0 aliphatic carbocycles. The molecule has 0 amide bonds. The van der Waals surface area contributed by atoms with E-state index in [0.717, 1.165) is 6.54 Å². The average Bonchev–Trinajstić information content (AvgIpc) is 2.37. The Bertz CT molecular complexity index is 548. The fourth-order valence-corrected chi connectivity index (χ4v) is 3.06. The van der Waals surface area contributed by atoms with E-state index in [2.05, 4.69) is 48.6 Å². The van der Waals surface area contributed by atoms with Crippen LogP contribution in [0.1, 0.15) is 18.5 Å². The van der Waals surface area contributed by atoms with E-state index in [9.17, 15) is 4.21 Å². The monoisotopic (exact) mass is 261 g/mol. The second-order valence-electron chi connectivity index (χ2n) is 4.42. The smallest absolute Gasteiger partial charge is 0.0442 e. The Kier molecular flexibility index (Phi) is 4.50. The minimum Gasteiger partial charge on any atom is -0.309 e. The molecule has 2 nitrogen and oxygen atoms in total. The molecule has 2 aromatic rings. The van der Waals surface area contributed by atoms with Crippen molar-refractivity contribution < 1.29 is 4.21 Å². The molecule has 0 aromatic heterocycles. The molecular weight excluding hydrogens is 242 g/mol. The highest BCUT2D eigenvalue weighted by Crippen LogP contribution is 2.24. The highest BCUT2D eigenvalue weighted by molar-refractivity contribution is 7.84. The summed E-state index contributed by atoms with van der Waals surface area (Å²) in [5, 5.41) is 5.91. The molecule has 0 fully saturated rings. The van der Waals surface area contributed by atoms with Crippen molar-refractivity contribution in [2.24, 2.45) is 0 Å². The van der Waals surface area contributed by atoms with Gasteiger partial charge in [-0.3, -0.25) is 4.21 Å². The van der Waals surface area contributed by atoms with E-state index in [0.29, 0.717) is 5.75 Å². The van der Waals surface area contributed by atoms with Crippen molar-refractivity contribution >= 4 is 21.6 Å². The molecule has 18 heavy (non-hydrogen) atoms. The van der Waals surface area contributed by atoms with Crippen molar-refractivity contribution in [1.82, 2.24) is 5.32 Å². The van der Waals surface area contributed by atoms with Crippen LogP contribution in [0.3, 0.4) is 0 Å². The largest absolute Gasteiger partial charge is 0.309 e. The van der Waals surface area contributed by atoms with Crippen molar-refractivity contribution in [2.75, 3.05) is 18.6 Å². The van der Waals surface area contributed by atoms with Crippen LogP contribution < -0.4 is 5.32 Å². The van der Waals surface area contributed by atoms with Crippen molar-refractivity contribution in [3.63, 3.8) is 0 Å². The molecule has 0 saturated heterocycles. The zero-order valence-electron chi connectivity index (χ0n) is 10.8. The van der Waals surface area contributed by atoms with Crippen LogP contribution >= 0.6 is 0 Å². The molecular formula is C15H19NOS. The number of nitrogens with one attached hydrogen (secondary N) is 1. The summed E-state index contributed by atoms with van der Waals surface area (Å²) in [6, 6.07) is 14.8. The van der Waals surface area contributed by atoms with Gasteiger partial charge in [0.15, 0.2) is 0 Å². The first-order chi connectivity index (χ1) is 8.72. The third-order valence-electron chi connectivity index (χ3n) is 3.05. The standard InChI is InChI=1S/C15H19NOS/c1-3-16-15(11-18(2)17)14-10-6-8-12-7-4-5-9-13(12)14/h4-10,15-16H,3,11H2,1-2H3. The van der Waals surface area contributed by atoms with Crippen LogP contribution in [0.25, 0.3) is 10.8 Å². The van der Waals surface area contributed by atoms with E-state index < -0.39 is 10.8 Å². The van der Waals surface area contributed by atoms with Crippen LogP contribution in [-0.2, 0) is 10.8 Å². The molecule has 0 radical (unpaired) electrons. The highest BCUT2D eigenvalue weighted by Gasteiger charge is 2.14. The number of rotatable bonds is 5. The van der Waals surface area contributed by atoms with Crippen LogP contribution in [0, 0.1) is 0 Å². The zero-order chi connectivity index (χ0) is 13.0. The molecule has 1 N–H and O–H groups in total. The topological polar surface area (TPSA) is 29.1 Å². The Labute approximate surface area is 111 Å². The molecule has 0 saturated carbocycles. The quantitative estimate of drug-likeness (QED) is 0.896. The lowest BCUT2D eigenvalue weighted by Crippen LogP contribution is -2.26. The zero-order valence-corrected chi connectivity index (χ0v) is 11.7. The minimum atomic E-state index is -0.803. The van der Waals surface area contributed by atoms with Gasteiger partial charge in [-0.1, -0.05) is 49.4 Å². The first-order valence-electron chi connectivity index (χ1n) is 6.23. The highest BCUT2D eigenvalue weighted by atomic mass is 32.2. The van der Waals surface area contributed by atoms with Gasteiger partial charge in [-0.15, -0.1) is 0 Å². The average molecular weight is 261 g/mol. The Hall–Kier alpha value is -1.19. The van der Waals surface area contributed by atoms with Gasteiger partial charge in [0.2, 0.25) is 0 Å². The van der Waals surface area contributed by atoms with E-state index in [1.54, 1.807) is 6.26 Å². The predicted molar refractivity (Wildman–Crippen MR) is 79.3 cm³/mol. The van der Waals surface area contributed by atoms with Gasteiger partial charge in [0.1, 0.15) is 0 Å². The Morgan fingerprint density at radius 2 is 1.89 bits per heavy atom. The molecule has 0 aliphatic heterocycles. The third-order valence-corrected chi connectivity index (χ3v) is 3.85. The van der Waals surface area contributed by atoms with Crippen molar-refractivity contribution in [3.8, 4) is 0 Å². The maximum atomic E-state index is 11.5. The summed E-state index contributed by atoms with van der Waals surface area (Å²) in [5.74, 6) is 0.655. The number of fused-ring (bicyclic) bond motifs is 1. The van der Waals surface area contributed by atoms with Crippen LogP contribution in [0.2, 0.25) is 0 Å². The maximum absolute atomic E-state index is 11.5. The molecule has 0 bridgehead atoms. The molecule has 2 atom stereocenters. The summed E-state index contributed by atoms with van der Waals surface area (Å²) in [6.07, 6.45) is 1.76. The van der Waals surface area contributed by atoms with Gasteiger partial charge in [0.05, 0.1) is 0 Å². The van der Waals surface area contributed by atoms with Crippen molar-refractivity contribution in [1.29, 1.82) is 0 Å². The van der Waals surface area contributed by atoms with Gasteiger partial charge in [-0.25, -0.2) is 0 Å². The second-order valence-corrected chi connectivity index (χ2v) is 5.90. The molecule has 2 rings (SSSR count). The summed E-state index contributed by atoms with van der Waals surface area (Å²) in [7, 11) is -0.803. The fraction of sp³-hybridized carbons (Fsp3) is 0.333. The number of hydrogen-bond acceptors (Lipinski definition) is 2. The van der Waals surface area contributed by atoms with Crippen LogP contribution in [0.5, 0.6) is 0 Å². The molecule has 2 unspecified atom stereocenters. The first-order valence-corrected chi connectivity index (χ1v) is 7.96. The first kappa shape index (κ1) is 13.2. The predicted octanol–water partition coefficient (Wildman–Crippen LogP) is 2.87. The lowest BCUT2D eigenvalue weighted by atomic mass is 9.99. The van der Waals surface area contributed by atoms with Crippen LogP contribution in [0.4, 0.5) is 0 Å². The Morgan fingerprint density at radius 3 is 2.61 bits per heavy atom. The Morgan fingerprint density at radius 1 is 1.17 bits per heavy atom. The maximum Gasteiger partial charge on any atom is 0.0442 e. The van der Waals surface area contributed by atoms with Crippen LogP contribution in [0.15, 0.2) is 42.5 Å². The summed E-state index contributed by atoms with van der Waals surface area (Å²) >= 11 is 0. The molecule has 0 aliphatic rings. The second kappa shape index (κ2) is 6.12. The third kappa shape index (κ3) is 2.98. The van der Waals surface area contributed by atoms with E-state index in [-0.39, 0.29) is 6.04 Å². The molecule has 96 valence electrons. The van der Waals surface area contributed by atoms with Crippen molar-refractivity contribution in [2.45, 2.75) is 13.0 Å².